The summed E-state index contributed by atoms with van der Waals surface area (Å²) < 4.78 is 36.8. The number of aromatic nitrogens is 4. The molecule has 4 N–H and O–H groups in total. The second kappa shape index (κ2) is 8.16. The molecule has 148 valence electrons. The number of rotatable bonds is 8. The van der Waals surface area contributed by atoms with Gasteiger partial charge in [0.25, 0.3) is 5.91 Å². The van der Waals surface area contributed by atoms with Crippen LogP contribution >= 0.6 is 0 Å². The number of ether oxygens (including phenoxy) is 1. The summed E-state index contributed by atoms with van der Waals surface area (Å²) >= 11 is 0. The Morgan fingerprint density at radius 3 is 2.79 bits per heavy atom. The van der Waals surface area contributed by atoms with E-state index in [2.05, 4.69) is 19.1 Å². The lowest BCUT2D eigenvalue weighted by molar-refractivity contribution is 0.0564. The number of nitrogens with zero attached hydrogens (tertiary/aromatic N) is 4. The molecule has 3 rings (SSSR count). The Bertz CT molecular complexity index is 1100. The van der Waals surface area contributed by atoms with Gasteiger partial charge in [-0.25, -0.2) is 19.7 Å². The fourth-order valence-electron chi connectivity index (χ4n) is 2.22. The van der Waals surface area contributed by atoms with E-state index in [1.165, 1.54) is 36.9 Å². The largest absolute Gasteiger partial charge is 0.507 e. The predicted molar refractivity (Wildman–Crippen MR) is 96.1 cm³/mol. The Hall–Kier alpha value is -3.29. The van der Waals surface area contributed by atoms with Gasteiger partial charge in [0.2, 0.25) is 0 Å². The molecule has 2 aromatic heterocycles. The molecule has 3 aromatic rings. The van der Waals surface area contributed by atoms with Gasteiger partial charge < -0.3 is 15.6 Å². The van der Waals surface area contributed by atoms with Crippen LogP contribution < -0.4 is 10.5 Å². The van der Waals surface area contributed by atoms with Gasteiger partial charge in [-0.2, -0.15) is 8.42 Å². The first-order valence-corrected chi connectivity index (χ1v) is 9.27. The van der Waals surface area contributed by atoms with E-state index in [1.807, 2.05) is 0 Å². The third-order valence-electron chi connectivity index (χ3n) is 3.49. The smallest absolute Gasteiger partial charge is 0.362 e. The maximum Gasteiger partial charge on any atom is 0.362 e. The van der Waals surface area contributed by atoms with Crippen LogP contribution in [0.3, 0.4) is 0 Å². The molecule has 28 heavy (non-hydrogen) atoms. The zero-order valence-corrected chi connectivity index (χ0v) is 15.2. The van der Waals surface area contributed by atoms with Crippen LogP contribution in [0.2, 0.25) is 0 Å². The molecule has 0 aliphatic carbocycles. The quantitative estimate of drug-likeness (QED) is 0.423. The number of nitrogens with two attached hydrogens (primary N) is 1. The molecule has 0 unspecified atom stereocenters. The van der Waals surface area contributed by atoms with Gasteiger partial charge in [-0.3, -0.25) is 13.5 Å². The van der Waals surface area contributed by atoms with E-state index in [0.29, 0.717) is 11.2 Å². The summed E-state index contributed by atoms with van der Waals surface area (Å²) in [6.07, 6.45) is 2.75. The number of hydrogen-bond acceptors (Lipinski definition) is 10. The molecule has 0 radical (unpaired) electrons. The van der Waals surface area contributed by atoms with Crippen LogP contribution in [0.5, 0.6) is 5.75 Å². The molecule has 12 nitrogen and oxygen atoms in total. The number of carbonyl (C=O) groups is 1. The van der Waals surface area contributed by atoms with Gasteiger partial charge >= 0.3 is 10.3 Å². The number of fused-ring (bicyclic) bond motifs is 1. The molecule has 0 saturated carbocycles. The first-order chi connectivity index (χ1) is 13.4. The van der Waals surface area contributed by atoms with Crippen LogP contribution in [-0.2, 0) is 26.0 Å². The fourth-order valence-corrected chi connectivity index (χ4v) is 2.91. The second-order valence-electron chi connectivity index (χ2n) is 5.41. The number of hydrogen-bond donors (Lipinski definition) is 3. The molecule has 0 fully saturated rings. The molecular weight excluding hydrogens is 392 g/mol. The minimum absolute atomic E-state index is 0.0284. The van der Waals surface area contributed by atoms with Crippen molar-refractivity contribution in [2.45, 2.75) is 6.73 Å². The van der Waals surface area contributed by atoms with Crippen LogP contribution in [0.25, 0.3) is 11.2 Å². The van der Waals surface area contributed by atoms with Crippen molar-refractivity contribution in [3.05, 3.63) is 42.5 Å². The minimum Gasteiger partial charge on any atom is -0.507 e. The number of nitrogens with one attached hydrogen (secondary N) is 1. The zero-order valence-electron chi connectivity index (χ0n) is 14.3. The van der Waals surface area contributed by atoms with Crippen molar-refractivity contribution in [2.24, 2.45) is 0 Å². The van der Waals surface area contributed by atoms with Crippen molar-refractivity contribution < 1.29 is 27.2 Å². The predicted octanol–water partition coefficient (Wildman–Crippen LogP) is -0.220. The number of para-hydroxylation sites is 1. The summed E-state index contributed by atoms with van der Waals surface area (Å²) in [6, 6.07) is 5.51. The topological polar surface area (TPSA) is 172 Å². The lowest BCUT2D eigenvalue weighted by atomic mass is 10.2. The number of imidazole rings is 1. The number of nitrogen functional groups attached to an aromatic ring is 1. The van der Waals surface area contributed by atoms with Gasteiger partial charge in [-0.1, -0.05) is 12.1 Å². The lowest BCUT2D eigenvalue weighted by Gasteiger charge is -2.09. The summed E-state index contributed by atoms with van der Waals surface area (Å²) in [5.74, 6) is -1.13. The van der Waals surface area contributed by atoms with E-state index < -0.39 is 16.2 Å². The monoisotopic (exact) mass is 408 g/mol. The van der Waals surface area contributed by atoms with Gasteiger partial charge in [0.1, 0.15) is 24.3 Å². The normalized spacial score (nSPS) is 11.6. The Balaban J connectivity index is 1.47. The molecule has 0 aliphatic rings. The summed E-state index contributed by atoms with van der Waals surface area (Å²) in [4.78, 5) is 23.8. The van der Waals surface area contributed by atoms with Crippen LogP contribution in [0.4, 0.5) is 5.82 Å². The Morgan fingerprint density at radius 2 is 2.00 bits per heavy atom. The van der Waals surface area contributed by atoms with Gasteiger partial charge in [0.15, 0.2) is 11.5 Å². The average Bonchev–Trinajstić information content (AvgIpc) is 3.06. The van der Waals surface area contributed by atoms with Crippen LogP contribution in [0, 0.1) is 0 Å². The standard InChI is InChI=1S/C15H16N6O6S/c16-13-12-14(18-7-17-13)21(8-19-12)9-26-5-6-27-28(24,25)20-15(23)10-3-1-2-4-11(10)22/h1-4,7-8,22H,5-6,9H2,(H,20,23)(H2,16,17,18). The van der Waals surface area contributed by atoms with Gasteiger partial charge in [0, 0.05) is 0 Å². The van der Waals surface area contributed by atoms with Gasteiger partial charge in [-0.05, 0) is 12.1 Å². The zero-order chi connectivity index (χ0) is 20.1. The number of carbonyl (C=O) groups excluding carboxylic acids is 1. The molecule has 1 aromatic carbocycles. The van der Waals surface area contributed by atoms with E-state index in [9.17, 15) is 18.3 Å². The van der Waals surface area contributed by atoms with Gasteiger partial charge in [0.05, 0.1) is 25.1 Å². The van der Waals surface area contributed by atoms with E-state index in [-0.39, 0.29) is 37.1 Å². The highest BCUT2D eigenvalue weighted by Crippen LogP contribution is 2.16. The maximum atomic E-state index is 11.9. The van der Waals surface area contributed by atoms with Crippen molar-refractivity contribution in [1.29, 1.82) is 0 Å². The molecular formula is C15H16N6O6S. The molecule has 0 bridgehead atoms. The summed E-state index contributed by atoms with van der Waals surface area (Å²) in [5, 5.41) is 9.57. The number of phenolic OH excluding ortho intramolecular Hbond substituents is 1. The SMILES string of the molecule is Nc1ncnc2c1ncn2COCCOS(=O)(=O)NC(=O)c1ccccc1O. The van der Waals surface area contributed by atoms with Crippen LogP contribution in [0.15, 0.2) is 36.9 Å². The third kappa shape index (κ3) is 4.51. The number of benzene rings is 1. The molecule has 0 atom stereocenters. The minimum atomic E-state index is -4.37. The van der Waals surface area contributed by atoms with Crippen LogP contribution in [0.1, 0.15) is 10.4 Å². The molecule has 0 spiro atoms. The first kappa shape index (κ1) is 19.5. The molecule has 0 saturated heterocycles. The molecule has 0 aliphatic heterocycles. The highest BCUT2D eigenvalue weighted by molar-refractivity contribution is 7.85. The van der Waals surface area contributed by atoms with E-state index >= 15 is 0 Å². The van der Waals surface area contributed by atoms with E-state index in [4.69, 9.17) is 10.5 Å². The van der Waals surface area contributed by atoms with Crippen molar-refractivity contribution in [1.82, 2.24) is 24.2 Å². The molecule has 2 heterocycles. The lowest BCUT2D eigenvalue weighted by Crippen LogP contribution is -2.32. The Labute approximate surface area is 159 Å². The highest BCUT2D eigenvalue weighted by Gasteiger charge is 2.19. The maximum absolute atomic E-state index is 11.9. The molecule has 1 amide bonds. The van der Waals surface area contributed by atoms with E-state index in [1.54, 1.807) is 9.29 Å². The number of phenols is 1. The van der Waals surface area contributed by atoms with Crippen molar-refractivity contribution in [2.75, 3.05) is 18.9 Å². The fraction of sp³-hybridized carbons (Fsp3) is 0.200. The Kier molecular flexibility index (Phi) is 5.67. The van der Waals surface area contributed by atoms with Crippen molar-refractivity contribution in [3.8, 4) is 5.75 Å². The third-order valence-corrected chi connectivity index (χ3v) is 4.40. The molecule has 13 heteroatoms. The number of anilines is 1. The average molecular weight is 408 g/mol. The van der Waals surface area contributed by atoms with Crippen LogP contribution in [-0.4, -0.2) is 52.2 Å². The van der Waals surface area contributed by atoms with Crippen molar-refractivity contribution >= 4 is 33.2 Å². The Morgan fingerprint density at radius 1 is 1.21 bits per heavy atom. The van der Waals surface area contributed by atoms with Gasteiger partial charge in [-0.15, -0.1) is 0 Å². The number of amides is 1. The summed E-state index contributed by atoms with van der Waals surface area (Å²) in [6.45, 7) is -0.403. The van der Waals surface area contributed by atoms with E-state index in [0.717, 1.165) is 0 Å². The first-order valence-electron chi connectivity index (χ1n) is 7.86. The highest BCUT2D eigenvalue weighted by atomic mass is 32.2. The summed E-state index contributed by atoms with van der Waals surface area (Å²) in [5.41, 5.74) is 6.38. The second-order valence-corrected chi connectivity index (χ2v) is 6.76. The van der Waals surface area contributed by atoms with Crippen molar-refractivity contribution in [3.63, 3.8) is 0 Å². The number of aromatic hydroxyl groups is 1. The summed E-state index contributed by atoms with van der Waals surface area (Å²) in [7, 11) is -4.37.